The zero-order valence-electron chi connectivity index (χ0n) is 12.3. The third-order valence-corrected chi connectivity index (χ3v) is 1.96. The summed E-state index contributed by atoms with van der Waals surface area (Å²) in [4.78, 5) is 43.0. The van der Waals surface area contributed by atoms with Crippen molar-refractivity contribution in [1.82, 2.24) is 0 Å². The second-order valence-corrected chi connectivity index (χ2v) is 4.23. The van der Waals surface area contributed by atoms with Crippen LogP contribution in [-0.2, 0) is 33.6 Å². The maximum absolute atomic E-state index is 11.4. The van der Waals surface area contributed by atoms with Crippen LogP contribution >= 0.6 is 0 Å². The lowest BCUT2D eigenvalue weighted by molar-refractivity contribution is -0.299. The Morgan fingerprint density at radius 3 is 2.33 bits per heavy atom. The van der Waals surface area contributed by atoms with Gasteiger partial charge in [0.15, 0.2) is 6.10 Å². The van der Waals surface area contributed by atoms with Gasteiger partial charge in [-0.15, -0.1) is 6.58 Å². The smallest absolute Gasteiger partial charge is 0.333 e. The van der Waals surface area contributed by atoms with Crippen molar-refractivity contribution in [3.8, 4) is 0 Å². The third kappa shape index (κ3) is 10.5. The van der Waals surface area contributed by atoms with Crippen LogP contribution in [0, 0.1) is 0 Å². The summed E-state index contributed by atoms with van der Waals surface area (Å²) in [6, 6.07) is 0. The van der Waals surface area contributed by atoms with Gasteiger partial charge in [-0.3, -0.25) is 9.59 Å². The van der Waals surface area contributed by atoms with Crippen molar-refractivity contribution in [1.29, 1.82) is 0 Å². The Morgan fingerprint density at radius 2 is 1.81 bits per heavy atom. The fraction of sp³-hybridized carbons (Fsp3) is 0.500. The number of hydrogen-bond donors (Lipinski definition) is 0. The minimum Gasteiger partial charge on any atom is -0.458 e. The summed E-state index contributed by atoms with van der Waals surface area (Å²) in [5, 5.41) is 0. The van der Waals surface area contributed by atoms with E-state index in [0.29, 0.717) is 0 Å². The Labute approximate surface area is 123 Å². The predicted octanol–water partition coefficient (Wildman–Crippen LogP) is 1.13. The molecule has 0 saturated heterocycles. The average Bonchev–Trinajstić information content (AvgIpc) is 2.38. The number of hydrogen-bond acceptors (Lipinski definition) is 7. The molecule has 0 radical (unpaired) electrons. The molecule has 0 aliphatic rings. The predicted molar refractivity (Wildman–Crippen MR) is 73.1 cm³/mol. The van der Waals surface area contributed by atoms with Crippen molar-refractivity contribution < 1.29 is 33.6 Å². The molecule has 1 atom stereocenters. The molecular formula is C14H20O7. The number of carbonyl (C=O) groups excluding carboxylic acids is 3. The Kier molecular flexibility index (Phi) is 9.74. The summed E-state index contributed by atoms with van der Waals surface area (Å²) >= 11 is 0. The van der Waals surface area contributed by atoms with E-state index in [2.05, 4.69) is 13.2 Å². The summed E-state index contributed by atoms with van der Waals surface area (Å²) in [5.74, 6) is -1.68. The number of ether oxygens (including phenoxy) is 2. The molecule has 0 aromatic carbocycles. The van der Waals surface area contributed by atoms with Gasteiger partial charge in [0.25, 0.3) is 0 Å². The first-order chi connectivity index (χ1) is 9.86. The van der Waals surface area contributed by atoms with Gasteiger partial charge in [-0.1, -0.05) is 12.7 Å². The second kappa shape index (κ2) is 10.8. The first kappa shape index (κ1) is 19.0. The number of rotatable bonds is 11. The molecule has 7 nitrogen and oxygen atoms in total. The van der Waals surface area contributed by atoms with Crippen molar-refractivity contribution >= 4 is 17.7 Å². The first-order valence-electron chi connectivity index (χ1n) is 6.23. The quantitative estimate of drug-likeness (QED) is 0.107. The van der Waals surface area contributed by atoms with E-state index in [1.165, 1.54) is 19.9 Å². The Bertz CT molecular complexity index is 400. The van der Waals surface area contributed by atoms with Crippen LogP contribution in [0.3, 0.4) is 0 Å². The van der Waals surface area contributed by atoms with Gasteiger partial charge in [0, 0.05) is 5.57 Å². The summed E-state index contributed by atoms with van der Waals surface area (Å²) in [6.07, 6.45) is 0.223. The van der Waals surface area contributed by atoms with E-state index in [-0.39, 0.29) is 37.6 Å². The number of ketones is 1. The van der Waals surface area contributed by atoms with E-state index < -0.39 is 18.0 Å². The standard InChI is InChI=1S/C14H20O7/c1-5-6-19-20-9-12(8-18-14(17)10(2)3)21-13(16)7-11(4)15/h5,12H,1-2,6-9H2,3-4H3. The minimum absolute atomic E-state index is 0.152. The van der Waals surface area contributed by atoms with E-state index in [1.54, 1.807) is 0 Å². The van der Waals surface area contributed by atoms with Crippen molar-refractivity contribution in [2.45, 2.75) is 26.4 Å². The van der Waals surface area contributed by atoms with Gasteiger partial charge in [0.2, 0.25) is 0 Å². The molecule has 0 amide bonds. The lowest BCUT2D eigenvalue weighted by atomic mass is 10.3. The van der Waals surface area contributed by atoms with Crippen LogP contribution in [0.5, 0.6) is 0 Å². The molecule has 0 bridgehead atoms. The maximum Gasteiger partial charge on any atom is 0.333 e. The van der Waals surface area contributed by atoms with Crippen molar-refractivity contribution in [3.63, 3.8) is 0 Å². The Balaban J connectivity index is 4.34. The van der Waals surface area contributed by atoms with E-state index >= 15 is 0 Å². The molecule has 0 saturated carbocycles. The van der Waals surface area contributed by atoms with Gasteiger partial charge in [0.05, 0.1) is 0 Å². The zero-order valence-corrected chi connectivity index (χ0v) is 12.3. The lowest BCUT2D eigenvalue weighted by Crippen LogP contribution is -2.30. The van der Waals surface area contributed by atoms with E-state index in [0.717, 1.165) is 0 Å². The number of esters is 2. The van der Waals surface area contributed by atoms with Gasteiger partial charge in [-0.25, -0.2) is 14.6 Å². The molecule has 0 spiro atoms. The van der Waals surface area contributed by atoms with E-state index in [9.17, 15) is 14.4 Å². The van der Waals surface area contributed by atoms with E-state index in [1.807, 2.05) is 0 Å². The topological polar surface area (TPSA) is 88.1 Å². The summed E-state index contributed by atoms with van der Waals surface area (Å²) in [6.45, 7) is 9.38. The van der Waals surface area contributed by atoms with Gasteiger partial charge < -0.3 is 9.47 Å². The lowest BCUT2D eigenvalue weighted by Gasteiger charge is -2.17. The van der Waals surface area contributed by atoms with Crippen LogP contribution in [0.2, 0.25) is 0 Å². The normalized spacial score (nSPS) is 11.3. The van der Waals surface area contributed by atoms with E-state index in [4.69, 9.17) is 19.2 Å². The van der Waals surface area contributed by atoms with Crippen LogP contribution in [0.4, 0.5) is 0 Å². The van der Waals surface area contributed by atoms with Crippen molar-refractivity contribution in [3.05, 3.63) is 24.8 Å². The molecule has 0 N–H and O–H groups in total. The summed E-state index contributed by atoms with van der Waals surface area (Å²) in [7, 11) is 0. The highest BCUT2D eigenvalue weighted by molar-refractivity contribution is 5.94. The molecule has 118 valence electrons. The van der Waals surface area contributed by atoms with Gasteiger partial charge in [-0.2, -0.15) is 0 Å². The molecule has 21 heavy (non-hydrogen) atoms. The monoisotopic (exact) mass is 300 g/mol. The number of carbonyl (C=O) groups is 3. The fourth-order valence-corrected chi connectivity index (χ4v) is 1.06. The minimum atomic E-state index is -0.884. The molecular weight excluding hydrogens is 280 g/mol. The van der Waals surface area contributed by atoms with Crippen LogP contribution in [0.1, 0.15) is 20.3 Å². The Morgan fingerprint density at radius 1 is 1.14 bits per heavy atom. The van der Waals surface area contributed by atoms with Crippen molar-refractivity contribution in [2.75, 3.05) is 19.8 Å². The number of Topliss-reactive ketones (excluding diaryl/α,β-unsaturated/α-hetero) is 1. The van der Waals surface area contributed by atoms with Gasteiger partial charge in [-0.05, 0) is 13.8 Å². The largest absolute Gasteiger partial charge is 0.458 e. The molecule has 0 rings (SSSR count). The molecule has 0 aromatic heterocycles. The SMILES string of the molecule is C=CCOOCC(COC(=O)C(=C)C)OC(=O)CC(C)=O. The highest BCUT2D eigenvalue weighted by atomic mass is 17.2. The molecule has 1 unspecified atom stereocenters. The molecule has 7 heteroatoms. The second-order valence-electron chi connectivity index (χ2n) is 4.23. The molecule has 0 fully saturated rings. The zero-order chi connectivity index (χ0) is 16.3. The van der Waals surface area contributed by atoms with Crippen LogP contribution in [0.15, 0.2) is 24.8 Å². The van der Waals surface area contributed by atoms with Crippen LogP contribution < -0.4 is 0 Å². The van der Waals surface area contributed by atoms with Gasteiger partial charge >= 0.3 is 11.9 Å². The summed E-state index contributed by atoms with van der Waals surface area (Å²) in [5.41, 5.74) is 0.215. The summed E-state index contributed by atoms with van der Waals surface area (Å²) < 4.78 is 9.85. The van der Waals surface area contributed by atoms with Crippen LogP contribution in [-0.4, -0.2) is 43.6 Å². The van der Waals surface area contributed by atoms with Gasteiger partial charge in [0.1, 0.15) is 32.0 Å². The highest BCUT2D eigenvalue weighted by Crippen LogP contribution is 2.02. The highest BCUT2D eigenvalue weighted by Gasteiger charge is 2.19. The average molecular weight is 300 g/mol. The first-order valence-corrected chi connectivity index (χ1v) is 6.23. The van der Waals surface area contributed by atoms with Crippen LogP contribution in [0.25, 0.3) is 0 Å². The molecule has 0 aliphatic carbocycles. The fourth-order valence-electron chi connectivity index (χ4n) is 1.06. The third-order valence-electron chi connectivity index (χ3n) is 1.96. The molecule has 0 aliphatic heterocycles. The Hall–Kier alpha value is -1.99. The molecule has 0 heterocycles. The maximum atomic E-state index is 11.4. The van der Waals surface area contributed by atoms with Crippen molar-refractivity contribution in [2.24, 2.45) is 0 Å². The molecule has 0 aromatic rings.